The second-order valence-corrected chi connectivity index (χ2v) is 5.42. The predicted molar refractivity (Wildman–Crippen MR) is 77.9 cm³/mol. The fourth-order valence-electron chi connectivity index (χ4n) is 2.18. The van der Waals surface area contributed by atoms with E-state index >= 15 is 0 Å². The Morgan fingerprint density at radius 3 is 2.50 bits per heavy atom. The maximum Gasteiger partial charge on any atom is 0.0448 e. The molecule has 2 heteroatoms. The summed E-state index contributed by atoms with van der Waals surface area (Å²) >= 11 is 0. The van der Waals surface area contributed by atoms with Crippen molar-refractivity contribution < 1.29 is 5.11 Å². The van der Waals surface area contributed by atoms with E-state index in [0.29, 0.717) is 5.92 Å². The highest BCUT2D eigenvalue weighted by atomic mass is 16.3. The third kappa shape index (κ3) is 4.79. The van der Waals surface area contributed by atoms with Crippen LogP contribution in [0.4, 0.5) is 0 Å². The van der Waals surface area contributed by atoms with Crippen molar-refractivity contribution in [2.45, 2.75) is 51.5 Å². The van der Waals surface area contributed by atoms with Crippen LogP contribution in [0.15, 0.2) is 30.3 Å². The van der Waals surface area contributed by atoms with Gasteiger partial charge in [-0.3, -0.25) is 0 Å². The predicted octanol–water partition coefficient (Wildman–Crippen LogP) is 3.32. The Bertz CT molecular complexity index is 325. The lowest BCUT2D eigenvalue weighted by atomic mass is 9.93. The number of aliphatic hydroxyl groups is 1. The number of hydrogen-bond donors (Lipinski definition) is 2. The number of hydrogen-bond acceptors (Lipinski definition) is 2. The molecule has 0 amide bonds. The molecule has 0 aliphatic rings. The topological polar surface area (TPSA) is 32.3 Å². The smallest absolute Gasteiger partial charge is 0.0448 e. The van der Waals surface area contributed by atoms with E-state index in [9.17, 15) is 0 Å². The van der Waals surface area contributed by atoms with Crippen LogP contribution in [0.25, 0.3) is 0 Å². The zero-order chi connectivity index (χ0) is 13.4. The molecule has 1 aromatic carbocycles. The maximum absolute atomic E-state index is 9.08. The molecule has 2 N–H and O–H groups in total. The van der Waals surface area contributed by atoms with Crippen molar-refractivity contribution in [3.8, 4) is 0 Å². The number of benzene rings is 1. The van der Waals surface area contributed by atoms with Crippen LogP contribution in [0.1, 0.15) is 51.5 Å². The van der Waals surface area contributed by atoms with Crippen molar-refractivity contribution in [2.75, 3.05) is 13.2 Å². The Morgan fingerprint density at radius 2 is 1.94 bits per heavy atom. The summed E-state index contributed by atoms with van der Waals surface area (Å²) in [6.45, 7) is 7.89. The Hall–Kier alpha value is -0.860. The zero-order valence-electron chi connectivity index (χ0n) is 11.9. The summed E-state index contributed by atoms with van der Waals surface area (Å²) in [5.74, 6) is 0.578. The molecule has 0 saturated carbocycles. The van der Waals surface area contributed by atoms with Crippen molar-refractivity contribution in [1.29, 1.82) is 0 Å². The Balaban J connectivity index is 2.37. The largest absolute Gasteiger partial charge is 0.396 e. The first-order chi connectivity index (χ1) is 8.61. The van der Waals surface area contributed by atoms with Crippen LogP contribution in [0, 0.1) is 0 Å². The van der Waals surface area contributed by atoms with E-state index < -0.39 is 0 Å². The van der Waals surface area contributed by atoms with Gasteiger partial charge in [-0.1, -0.05) is 44.2 Å². The summed E-state index contributed by atoms with van der Waals surface area (Å²) in [7, 11) is 0. The van der Waals surface area contributed by atoms with Crippen LogP contribution in [-0.4, -0.2) is 23.8 Å². The van der Waals surface area contributed by atoms with Crippen LogP contribution in [0.3, 0.4) is 0 Å². The van der Waals surface area contributed by atoms with Gasteiger partial charge in [-0.25, -0.2) is 0 Å². The molecule has 0 bridgehead atoms. The average molecular weight is 249 g/mol. The van der Waals surface area contributed by atoms with Gasteiger partial charge in [-0.2, -0.15) is 0 Å². The maximum atomic E-state index is 9.08. The summed E-state index contributed by atoms with van der Waals surface area (Å²) in [4.78, 5) is 0. The molecule has 0 fully saturated rings. The van der Waals surface area contributed by atoms with Gasteiger partial charge < -0.3 is 10.4 Å². The second kappa shape index (κ2) is 7.55. The van der Waals surface area contributed by atoms with Crippen molar-refractivity contribution >= 4 is 0 Å². The lowest BCUT2D eigenvalue weighted by molar-refractivity contribution is 0.215. The number of rotatable bonds is 8. The molecule has 18 heavy (non-hydrogen) atoms. The molecular formula is C16H27NO. The van der Waals surface area contributed by atoms with Gasteiger partial charge in [-0.05, 0) is 44.2 Å². The van der Waals surface area contributed by atoms with Gasteiger partial charge in [0.2, 0.25) is 0 Å². The highest BCUT2D eigenvalue weighted by Gasteiger charge is 2.20. The van der Waals surface area contributed by atoms with Crippen molar-refractivity contribution in [3.63, 3.8) is 0 Å². The molecule has 0 aromatic heterocycles. The first-order valence-electron chi connectivity index (χ1n) is 7.02. The minimum Gasteiger partial charge on any atom is -0.396 e. The lowest BCUT2D eigenvalue weighted by Crippen LogP contribution is -2.43. The van der Waals surface area contributed by atoms with Gasteiger partial charge in [0.1, 0.15) is 0 Å². The summed E-state index contributed by atoms with van der Waals surface area (Å²) in [5, 5.41) is 12.7. The minimum atomic E-state index is 0.0746. The second-order valence-electron chi connectivity index (χ2n) is 5.42. The summed E-state index contributed by atoms with van der Waals surface area (Å²) in [6.07, 6.45) is 3.00. The molecule has 1 rings (SSSR count). The highest BCUT2D eigenvalue weighted by Crippen LogP contribution is 2.19. The van der Waals surface area contributed by atoms with E-state index in [2.05, 4.69) is 56.4 Å². The SMILES string of the molecule is CCC(C)(CCO)NCCC(C)c1ccccc1. The Labute approximate surface area is 111 Å². The zero-order valence-corrected chi connectivity index (χ0v) is 11.9. The van der Waals surface area contributed by atoms with Crippen LogP contribution < -0.4 is 5.32 Å². The van der Waals surface area contributed by atoms with E-state index in [1.54, 1.807) is 0 Å². The van der Waals surface area contributed by atoms with Gasteiger partial charge in [0.05, 0.1) is 0 Å². The monoisotopic (exact) mass is 249 g/mol. The molecular weight excluding hydrogens is 222 g/mol. The molecule has 0 aliphatic carbocycles. The molecule has 2 unspecified atom stereocenters. The van der Waals surface area contributed by atoms with Crippen LogP contribution in [0.5, 0.6) is 0 Å². The number of nitrogens with one attached hydrogen (secondary N) is 1. The van der Waals surface area contributed by atoms with E-state index in [0.717, 1.165) is 25.8 Å². The van der Waals surface area contributed by atoms with Gasteiger partial charge in [-0.15, -0.1) is 0 Å². The standard InChI is InChI=1S/C16H27NO/c1-4-16(3,11-13-18)17-12-10-14(2)15-8-6-5-7-9-15/h5-9,14,17-18H,4,10-13H2,1-3H3. The molecule has 0 radical (unpaired) electrons. The summed E-state index contributed by atoms with van der Waals surface area (Å²) < 4.78 is 0. The first kappa shape index (κ1) is 15.2. The third-order valence-corrected chi connectivity index (χ3v) is 3.94. The van der Waals surface area contributed by atoms with Gasteiger partial charge in [0, 0.05) is 12.1 Å². The van der Waals surface area contributed by atoms with Gasteiger partial charge in [0.15, 0.2) is 0 Å². The van der Waals surface area contributed by atoms with Crippen LogP contribution >= 0.6 is 0 Å². The normalized spacial score (nSPS) is 16.2. The third-order valence-electron chi connectivity index (χ3n) is 3.94. The molecule has 2 atom stereocenters. The molecule has 0 aliphatic heterocycles. The fourth-order valence-corrected chi connectivity index (χ4v) is 2.18. The quantitative estimate of drug-likeness (QED) is 0.741. The molecule has 0 saturated heterocycles. The van der Waals surface area contributed by atoms with E-state index in [1.807, 2.05) is 0 Å². The van der Waals surface area contributed by atoms with Gasteiger partial charge in [0.25, 0.3) is 0 Å². The Morgan fingerprint density at radius 1 is 1.28 bits per heavy atom. The van der Waals surface area contributed by atoms with E-state index in [-0.39, 0.29) is 12.1 Å². The minimum absolute atomic E-state index is 0.0746. The number of aliphatic hydroxyl groups excluding tert-OH is 1. The average Bonchev–Trinajstić information content (AvgIpc) is 2.40. The molecule has 0 spiro atoms. The van der Waals surface area contributed by atoms with Crippen molar-refractivity contribution in [1.82, 2.24) is 5.32 Å². The summed E-state index contributed by atoms with van der Waals surface area (Å²) in [5.41, 5.74) is 1.48. The molecule has 102 valence electrons. The lowest BCUT2D eigenvalue weighted by Gasteiger charge is -2.29. The first-order valence-corrected chi connectivity index (χ1v) is 7.02. The van der Waals surface area contributed by atoms with Crippen LogP contribution in [0.2, 0.25) is 0 Å². The van der Waals surface area contributed by atoms with Crippen molar-refractivity contribution in [3.05, 3.63) is 35.9 Å². The van der Waals surface area contributed by atoms with E-state index in [4.69, 9.17) is 5.11 Å². The van der Waals surface area contributed by atoms with Gasteiger partial charge >= 0.3 is 0 Å². The fraction of sp³-hybridized carbons (Fsp3) is 0.625. The highest BCUT2D eigenvalue weighted by molar-refractivity contribution is 5.18. The van der Waals surface area contributed by atoms with Crippen LogP contribution in [-0.2, 0) is 0 Å². The van der Waals surface area contributed by atoms with Crippen molar-refractivity contribution in [2.24, 2.45) is 0 Å². The Kier molecular flexibility index (Phi) is 6.37. The van der Waals surface area contributed by atoms with E-state index in [1.165, 1.54) is 5.56 Å². The summed E-state index contributed by atoms with van der Waals surface area (Å²) in [6, 6.07) is 10.6. The molecule has 0 heterocycles. The molecule has 2 nitrogen and oxygen atoms in total. The molecule has 1 aromatic rings.